The summed E-state index contributed by atoms with van der Waals surface area (Å²) in [5, 5.41) is 4.09. The van der Waals surface area contributed by atoms with Crippen LogP contribution in [0.25, 0.3) is 10.4 Å². The van der Waals surface area contributed by atoms with Gasteiger partial charge in [0, 0.05) is 0 Å². The summed E-state index contributed by atoms with van der Waals surface area (Å²) in [5.74, 6) is -1.52. The van der Waals surface area contributed by atoms with Crippen LogP contribution < -0.4 is 5.32 Å². The number of fused-ring (bicyclic) bond motifs is 1. The highest BCUT2D eigenvalue weighted by atomic mass is 32.1. The molecule has 2 aliphatic rings. The van der Waals surface area contributed by atoms with Gasteiger partial charge in [-0.25, -0.2) is 9.37 Å². The van der Waals surface area contributed by atoms with Gasteiger partial charge in [0.2, 0.25) is 5.78 Å². The van der Waals surface area contributed by atoms with Gasteiger partial charge in [-0.3, -0.25) is 19.3 Å². The van der Waals surface area contributed by atoms with Crippen molar-refractivity contribution in [1.29, 1.82) is 0 Å². The van der Waals surface area contributed by atoms with Crippen LogP contribution in [0.2, 0.25) is 0 Å². The SMILES string of the molecule is Cc1nc(C(=O)[C@]2(CN3C(=O)c4ccccc4C3=O)NCCC[C@H]2C)c(-c2ccc(F)cc2)s1. The van der Waals surface area contributed by atoms with Crippen LogP contribution in [0.1, 0.15) is 56.0 Å². The lowest BCUT2D eigenvalue weighted by Crippen LogP contribution is -2.65. The van der Waals surface area contributed by atoms with E-state index in [1.54, 1.807) is 36.4 Å². The molecule has 2 amide bonds. The highest BCUT2D eigenvalue weighted by molar-refractivity contribution is 7.15. The number of carbonyl (C=O) groups is 3. The van der Waals surface area contributed by atoms with Crippen molar-refractivity contribution in [3.05, 3.63) is 76.2 Å². The number of hydrogen-bond acceptors (Lipinski definition) is 6. The number of aryl methyl sites for hydroxylation is 1. The maximum absolute atomic E-state index is 14.2. The van der Waals surface area contributed by atoms with Gasteiger partial charge in [-0.15, -0.1) is 11.3 Å². The number of benzene rings is 2. The van der Waals surface area contributed by atoms with Gasteiger partial charge >= 0.3 is 0 Å². The molecule has 0 aliphatic carbocycles. The Labute approximate surface area is 200 Å². The van der Waals surface area contributed by atoms with E-state index in [4.69, 9.17) is 0 Å². The summed E-state index contributed by atoms with van der Waals surface area (Å²) in [6.07, 6.45) is 1.66. The van der Waals surface area contributed by atoms with E-state index in [1.165, 1.54) is 28.4 Å². The van der Waals surface area contributed by atoms with Crippen LogP contribution in [0, 0.1) is 18.7 Å². The molecule has 34 heavy (non-hydrogen) atoms. The minimum atomic E-state index is -1.17. The third kappa shape index (κ3) is 3.58. The molecule has 6 nitrogen and oxygen atoms in total. The molecule has 1 fully saturated rings. The van der Waals surface area contributed by atoms with E-state index in [0.717, 1.165) is 12.8 Å². The van der Waals surface area contributed by atoms with E-state index in [1.807, 2.05) is 13.8 Å². The Morgan fingerprint density at radius 2 is 1.79 bits per heavy atom. The standard InChI is InChI=1S/C26H24FN3O3S/c1-15-6-5-13-28-26(15,14-30-24(32)19-7-3-4-8-20(19)25(30)33)23(31)21-22(34-16(2)29-21)17-9-11-18(27)12-10-17/h3-4,7-12,15,28H,5-6,13-14H2,1-2H3/t15-,26-/m1/s1. The fourth-order valence-electron chi connectivity index (χ4n) is 4.95. The summed E-state index contributed by atoms with van der Waals surface area (Å²) in [5.41, 5.74) is 0.535. The van der Waals surface area contributed by atoms with Crippen LogP contribution in [0.15, 0.2) is 48.5 Å². The van der Waals surface area contributed by atoms with Crippen LogP contribution in [-0.2, 0) is 0 Å². The van der Waals surface area contributed by atoms with Crippen molar-refractivity contribution in [2.45, 2.75) is 32.2 Å². The lowest BCUT2D eigenvalue weighted by Gasteiger charge is -2.43. The molecule has 8 heteroatoms. The fraction of sp³-hybridized carbons (Fsp3) is 0.308. The predicted octanol–water partition coefficient (Wildman–Crippen LogP) is 4.49. The van der Waals surface area contributed by atoms with E-state index in [-0.39, 0.29) is 41.6 Å². The molecule has 0 radical (unpaired) electrons. The first-order valence-electron chi connectivity index (χ1n) is 11.3. The summed E-state index contributed by atoms with van der Waals surface area (Å²) in [6, 6.07) is 12.7. The molecule has 5 rings (SSSR count). The van der Waals surface area contributed by atoms with E-state index >= 15 is 0 Å². The Kier molecular flexibility index (Phi) is 5.65. The molecule has 1 saturated heterocycles. The highest BCUT2D eigenvalue weighted by Crippen LogP contribution is 2.38. The highest BCUT2D eigenvalue weighted by Gasteiger charge is 2.51. The van der Waals surface area contributed by atoms with Crippen molar-refractivity contribution in [3.8, 4) is 10.4 Å². The number of aromatic nitrogens is 1. The van der Waals surface area contributed by atoms with E-state index in [2.05, 4.69) is 10.3 Å². The van der Waals surface area contributed by atoms with Gasteiger partial charge in [0.15, 0.2) is 0 Å². The molecule has 1 N–H and O–H groups in total. The molecule has 3 heterocycles. The summed E-state index contributed by atoms with van der Waals surface area (Å²) < 4.78 is 13.5. The van der Waals surface area contributed by atoms with Crippen LogP contribution in [0.4, 0.5) is 4.39 Å². The van der Waals surface area contributed by atoms with Gasteiger partial charge < -0.3 is 5.32 Å². The maximum Gasteiger partial charge on any atom is 0.261 e. The number of imide groups is 1. The molecule has 0 unspecified atom stereocenters. The second kappa shape index (κ2) is 8.52. The van der Waals surface area contributed by atoms with Crippen molar-refractivity contribution in [1.82, 2.24) is 15.2 Å². The molecule has 2 atom stereocenters. The number of thiazole rings is 1. The van der Waals surface area contributed by atoms with E-state index in [9.17, 15) is 18.8 Å². The number of nitrogens with zero attached hydrogens (tertiary/aromatic N) is 2. The maximum atomic E-state index is 14.2. The van der Waals surface area contributed by atoms with Gasteiger partial charge in [-0.05, 0) is 62.1 Å². The monoisotopic (exact) mass is 477 g/mol. The second-order valence-corrected chi connectivity index (χ2v) is 10.1. The summed E-state index contributed by atoms with van der Waals surface area (Å²) in [4.78, 5) is 46.9. The van der Waals surface area contributed by atoms with Gasteiger partial charge in [-0.2, -0.15) is 0 Å². The molecule has 1 aromatic heterocycles. The number of hydrogen-bond donors (Lipinski definition) is 1. The number of nitrogens with one attached hydrogen (secondary N) is 1. The Bertz CT molecular complexity index is 1270. The zero-order chi connectivity index (χ0) is 24.0. The Balaban J connectivity index is 1.57. The first-order valence-corrected chi connectivity index (χ1v) is 12.1. The van der Waals surface area contributed by atoms with Crippen LogP contribution in [0.5, 0.6) is 0 Å². The fourth-order valence-corrected chi connectivity index (χ4v) is 5.87. The van der Waals surface area contributed by atoms with Gasteiger partial charge in [0.05, 0.1) is 27.6 Å². The Morgan fingerprint density at radius 3 is 2.41 bits per heavy atom. The number of amides is 2. The minimum absolute atomic E-state index is 0.0707. The average molecular weight is 478 g/mol. The third-order valence-corrected chi connectivity index (χ3v) is 7.86. The molecule has 3 aromatic rings. The molecule has 0 saturated carbocycles. The second-order valence-electron chi connectivity index (χ2n) is 8.93. The zero-order valence-electron chi connectivity index (χ0n) is 18.9. The lowest BCUT2D eigenvalue weighted by molar-refractivity contribution is 0.0483. The van der Waals surface area contributed by atoms with Gasteiger partial charge in [-0.1, -0.05) is 31.2 Å². The first-order chi connectivity index (χ1) is 16.3. The van der Waals surface area contributed by atoms with Crippen molar-refractivity contribution in [2.75, 3.05) is 13.1 Å². The topological polar surface area (TPSA) is 79.4 Å². The minimum Gasteiger partial charge on any atom is -0.303 e. The number of halogens is 1. The molecular weight excluding hydrogens is 453 g/mol. The largest absolute Gasteiger partial charge is 0.303 e. The van der Waals surface area contributed by atoms with Crippen molar-refractivity contribution >= 4 is 28.9 Å². The van der Waals surface area contributed by atoms with Crippen LogP contribution in [-0.4, -0.2) is 46.1 Å². The van der Waals surface area contributed by atoms with Crippen molar-refractivity contribution < 1.29 is 18.8 Å². The number of piperidine rings is 1. The average Bonchev–Trinajstić information content (AvgIpc) is 3.34. The van der Waals surface area contributed by atoms with Gasteiger partial charge in [0.1, 0.15) is 17.1 Å². The molecule has 0 bridgehead atoms. The number of ketones is 1. The molecule has 2 aromatic carbocycles. The van der Waals surface area contributed by atoms with Crippen molar-refractivity contribution in [2.24, 2.45) is 5.92 Å². The quantitative estimate of drug-likeness (QED) is 0.433. The Hall–Kier alpha value is -3.23. The predicted molar refractivity (Wildman–Crippen MR) is 128 cm³/mol. The summed E-state index contributed by atoms with van der Waals surface area (Å²) in [6.45, 7) is 4.31. The third-order valence-electron chi connectivity index (χ3n) is 6.84. The van der Waals surface area contributed by atoms with E-state index in [0.29, 0.717) is 33.1 Å². The van der Waals surface area contributed by atoms with E-state index < -0.39 is 5.54 Å². The van der Waals surface area contributed by atoms with Crippen LogP contribution >= 0.6 is 11.3 Å². The normalized spacial score (nSPS) is 22.2. The number of Topliss-reactive ketones (excluding diaryl/α,β-unsaturated/α-hetero) is 1. The Morgan fingerprint density at radius 1 is 1.15 bits per heavy atom. The number of carbonyl (C=O) groups excluding carboxylic acids is 3. The molecule has 0 spiro atoms. The molecule has 2 aliphatic heterocycles. The summed E-state index contributed by atoms with van der Waals surface area (Å²) in [7, 11) is 0. The number of rotatable bonds is 5. The van der Waals surface area contributed by atoms with Crippen molar-refractivity contribution in [3.63, 3.8) is 0 Å². The zero-order valence-corrected chi connectivity index (χ0v) is 19.7. The smallest absolute Gasteiger partial charge is 0.261 e. The van der Waals surface area contributed by atoms with Crippen LogP contribution in [0.3, 0.4) is 0 Å². The molecular formula is C26H24FN3O3S. The van der Waals surface area contributed by atoms with Gasteiger partial charge in [0.25, 0.3) is 11.8 Å². The summed E-state index contributed by atoms with van der Waals surface area (Å²) >= 11 is 1.37. The lowest BCUT2D eigenvalue weighted by atomic mass is 9.74. The molecule has 174 valence electrons. The first kappa shape index (κ1) is 22.6.